The van der Waals surface area contributed by atoms with Gasteiger partial charge in [0.05, 0.1) is 6.61 Å². The number of carbonyl (C=O) groups is 2. The molecule has 184 valence electrons. The lowest BCUT2D eigenvalue weighted by atomic mass is 9.98. The summed E-state index contributed by atoms with van der Waals surface area (Å²) in [7, 11) is 0. The van der Waals surface area contributed by atoms with Crippen LogP contribution in [0.25, 0.3) is 32.8 Å². The summed E-state index contributed by atoms with van der Waals surface area (Å²) < 4.78 is 5.00. The predicted octanol–water partition coefficient (Wildman–Crippen LogP) is 6.75. The van der Waals surface area contributed by atoms with E-state index in [2.05, 4.69) is 35.3 Å². The van der Waals surface area contributed by atoms with E-state index in [1.54, 1.807) is 17.9 Å². The molecule has 0 spiro atoms. The standard InChI is InChI=1S/C32H28N2O3/c1-2-37-29(35)17-10-20-34(22-23-11-4-3-5-12-23)32(36)31-30(27-15-8-9-16-28(27)33-31)26-19-18-24-13-6-7-14-25(24)21-26/h3-19,21,33H,2,20,22H2,1H3/b17-10+. The molecule has 1 amide bonds. The number of hydrogen-bond acceptors (Lipinski definition) is 3. The van der Waals surface area contributed by atoms with Crippen LogP contribution in [0.2, 0.25) is 0 Å². The Morgan fingerprint density at radius 3 is 2.41 bits per heavy atom. The zero-order chi connectivity index (χ0) is 25.6. The number of benzene rings is 4. The van der Waals surface area contributed by atoms with E-state index in [9.17, 15) is 9.59 Å². The molecule has 1 heterocycles. The van der Waals surface area contributed by atoms with Gasteiger partial charge in [-0.1, -0.05) is 91.0 Å². The van der Waals surface area contributed by atoms with Crippen LogP contribution >= 0.6 is 0 Å². The van der Waals surface area contributed by atoms with E-state index in [4.69, 9.17) is 4.74 Å². The molecule has 1 N–H and O–H groups in total. The van der Waals surface area contributed by atoms with Crippen LogP contribution in [-0.2, 0) is 16.1 Å². The quantitative estimate of drug-likeness (QED) is 0.194. The smallest absolute Gasteiger partial charge is 0.330 e. The third kappa shape index (κ3) is 5.31. The Morgan fingerprint density at radius 2 is 1.59 bits per heavy atom. The number of fused-ring (bicyclic) bond motifs is 2. The van der Waals surface area contributed by atoms with E-state index in [0.717, 1.165) is 38.4 Å². The second kappa shape index (κ2) is 11.0. The van der Waals surface area contributed by atoms with E-state index in [1.165, 1.54) is 6.08 Å². The van der Waals surface area contributed by atoms with Gasteiger partial charge in [-0.3, -0.25) is 4.79 Å². The third-order valence-electron chi connectivity index (χ3n) is 6.33. The number of para-hydroxylation sites is 1. The topological polar surface area (TPSA) is 62.4 Å². The zero-order valence-corrected chi connectivity index (χ0v) is 20.7. The molecular formula is C32H28N2O3. The molecule has 0 unspecified atom stereocenters. The summed E-state index contributed by atoms with van der Waals surface area (Å²) in [5, 5.41) is 3.25. The van der Waals surface area contributed by atoms with E-state index in [-0.39, 0.29) is 12.5 Å². The van der Waals surface area contributed by atoms with Crippen molar-refractivity contribution in [3.05, 3.63) is 120 Å². The first kappa shape index (κ1) is 24.1. The number of rotatable bonds is 8. The molecular weight excluding hydrogens is 460 g/mol. The number of nitrogens with one attached hydrogen (secondary N) is 1. The number of aromatic amines is 1. The highest BCUT2D eigenvalue weighted by Gasteiger charge is 2.24. The third-order valence-corrected chi connectivity index (χ3v) is 6.33. The predicted molar refractivity (Wildman–Crippen MR) is 148 cm³/mol. The first-order chi connectivity index (χ1) is 18.1. The molecule has 5 aromatic rings. The van der Waals surface area contributed by atoms with Crippen molar-refractivity contribution in [1.82, 2.24) is 9.88 Å². The number of amides is 1. The van der Waals surface area contributed by atoms with Gasteiger partial charge in [0.2, 0.25) is 0 Å². The van der Waals surface area contributed by atoms with Crippen molar-refractivity contribution in [2.24, 2.45) is 0 Å². The van der Waals surface area contributed by atoms with Gasteiger partial charge in [0.15, 0.2) is 0 Å². The molecule has 0 fully saturated rings. The van der Waals surface area contributed by atoms with Crippen molar-refractivity contribution >= 4 is 33.6 Å². The van der Waals surface area contributed by atoms with Crippen molar-refractivity contribution in [3.63, 3.8) is 0 Å². The van der Waals surface area contributed by atoms with Crippen LogP contribution in [0, 0.1) is 0 Å². The molecule has 37 heavy (non-hydrogen) atoms. The maximum Gasteiger partial charge on any atom is 0.330 e. The summed E-state index contributed by atoms with van der Waals surface area (Å²) in [5.41, 5.74) is 4.27. The van der Waals surface area contributed by atoms with Gasteiger partial charge in [-0.15, -0.1) is 0 Å². The maximum absolute atomic E-state index is 14.1. The molecule has 0 radical (unpaired) electrons. The summed E-state index contributed by atoms with van der Waals surface area (Å²) >= 11 is 0. The Labute approximate surface area is 216 Å². The van der Waals surface area contributed by atoms with Gasteiger partial charge in [-0.25, -0.2) is 4.79 Å². The van der Waals surface area contributed by atoms with Gasteiger partial charge in [-0.2, -0.15) is 0 Å². The zero-order valence-electron chi connectivity index (χ0n) is 20.7. The summed E-state index contributed by atoms with van der Waals surface area (Å²) in [6, 6.07) is 32.3. The lowest BCUT2D eigenvalue weighted by molar-refractivity contribution is -0.137. The summed E-state index contributed by atoms with van der Waals surface area (Å²) in [6.07, 6.45) is 3.06. The maximum atomic E-state index is 14.1. The van der Waals surface area contributed by atoms with Gasteiger partial charge in [0.25, 0.3) is 5.91 Å². The monoisotopic (exact) mass is 488 g/mol. The molecule has 0 bridgehead atoms. The number of ether oxygens (including phenoxy) is 1. The molecule has 5 nitrogen and oxygen atoms in total. The highest BCUT2D eigenvalue weighted by atomic mass is 16.5. The molecule has 5 heteroatoms. The highest BCUT2D eigenvalue weighted by Crippen LogP contribution is 2.35. The Balaban J connectivity index is 1.57. The second-order valence-corrected chi connectivity index (χ2v) is 8.81. The van der Waals surface area contributed by atoms with E-state index in [1.807, 2.05) is 66.7 Å². The van der Waals surface area contributed by atoms with Crippen molar-refractivity contribution in [2.75, 3.05) is 13.2 Å². The van der Waals surface area contributed by atoms with E-state index >= 15 is 0 Å². The van der Waals surface area contributed by atoms with Crippen molar-refractivity contribution < 1.29 is 14.3 Å². The van der Waals surface area contributed by atoms with Crippen molar-refractivity contribution in [2.45, 2.75) is 13.5 Å². The fourth-order valence-corrected chi connectivity index (χ4v) is 4.59. The summed E-state index contributed by atoms with van der Waals surface area (Å²) in [4.78, 5) is 31.1. The minimum atomic E-state index is -0.419. The molecule has 0 saturated carbocycles. The number of nitrogens with zero attached hydrogens (tertiary/aromatic N) is 1. The average Bonchev–Trinajstić information content (AvgIpc) is 3.32. The van der Waals surface area contributed by atoms with Gasteiger partial charge < -0.3 is 14.6 Å². The Kier molecular flexibility index (Phi) is 7.13. The molecule has 0 atom stereocenters. The van der Waals surface area contributed by atoms with Crippen LogP contribution in [0.3, 0.4) is 0 Å². The number of esters is 1. The Morgan fingerprint density at radius 1 is 0.865 bits per heavy atom. The minimum Gasteiger partial charge on any atom is -0.463 e. The first-order valence-corrected chi connectivity index (χ1v) is 12.4. The van der Waals surface area contributed by atoms with Gasteiger partial charge in [0.1, 0.15) is 5.69 Å². The molecule has 1 aromatic heterocycles. The van der Waals surface area contributed by atoms with Crippen LogP contribution in [0.15, 0.2) is 109 Å². The molecule has 5 rings (SSSR count). The van der Waals surface area contributed by atoms with Crippen LogP contribution in [0.5, 0.6) is 0 Å². The molecule has 0 aliphatic carbocycles. The molecule has 0 aliphatic rings. The lowest BCUT2D eigenvalue weighted by Crippen LogP contribution is -2.31. The largest absolute Gasteiger partial charge is 0.463 e. The van der Waals surface area contributed by atoms with E-state index in [0.29, 0.717) is 18.8 Å². The number of hydrogen-bond donors (Lipinski definition) is 1. The fourth-order valence-electron chi connectivity index (χ4n) is 4.59. The number of carbonyl (C=O) groups excluding carboxylic acids is 2. The molecule has 4 aromatic carbocycles. The summed E-state index contributed by atoms with van der Waals surface area (Å²) in [5.74, 6) is -0.561. The SMILES string of the molecule is CCOC(=O)/C=C/CN(Cc1ccccc1)C(=O)c1[nH]c2ccccc2c1-c1ccc2ccccc2c1. The summed E-state index contributed by atoms with van der Waals surface area (Å²) in [6.45, 7) is 2.74. The Hall–Kier alpha value is -4.64. The van der Waals surface area contributed by atoms with E-state index < -0.39 is 5.97 Å². The van der Waals surface area contributed by atoms with Crippen LogP contribution in [0.1, 0.15) is 23.0 Å². The minimum absolute atomic E-state index is 0.142. The number of aromatic nitrogens is 1. The first-order valence-electron chi connectivity index (χ1n) is 12.4. The van der Waals surface area contributed by atoms with Crippen molar-refractivity contribution in [1.29, 1.82) is 0 Å². The normalized spacial score (nSPS) is 11.3. The van der Waals surface area contributed by atoms with Gasteiger partial charge in [0, 0.05) is 35.6 Å². The molecule has 0 saturated heterocycles. The van der Waals surface area contributed by atoms with Crippen LogP contribution in [0.4, 0.5) is 0 Å². The van der Waals surface area contributed by atoms with Gasteiger partial charge >= 0.3 is 5.97 Å². The van der Waals surface area contributed by atoms with Crippen LogP contribution in [-0.4, -0.2) is 34.9 Å². The van der Waals surface area contributed by atoms with Crippen LogP contribution < -0.4 is 0 Å². The second-order valence-electron chi connectivity index (χ2n) is 8.81. The average molecular weight is 489 g/mol. The number of H-pyrrole nitrogens is 1. The van der Waals surface area contributed by atoms with Gasteiger partial charge in [-0.05, 0) is 41.0 Å². The fraction of sp³-hybridized carbons (Fsp3) is 0.125. The van der Waals surface area contributed by atoms with Crippen molar-refractivity contribution in [3.8, 4) is 11.1 Å². The highest BCUT2D eigenvalue weighted by molar-refractivity contribution is 6.10. The molecule has 0 aliphatic heterocycles. The Bertz CT molecular complexity index is 1580. The lowest BCUT2D eigenvalue weighted by Gasteiger charge is -2.22.